The number of nitrogens with one attached hydrogen (secondary N) is 1. The highest BCUT2D eigenvalue weighted by molar-refractivity contribution is 7.07. The van der Waals surface area contributed by atoms with Crippen LogP contribution in [0.2, 0.25) is 0 Å². The van der Waals surface area contributed by atoms with Gasteiger partial charge >= 0.3 is 0 Å². The molecule has 0 saturated heterocycles. The zero-order valence-electron chi connectivity index (χ0n) is 12.4. The first-order valence-corrected chi connectivity index (χ1v) is 7.66. The molecule has 2 heterocycles. The molecule has 112 valence electrons. The molecule has 3 rings (SSSR count). The van der Waals surface area contributed by atoms with Crippen LogP contribution in [0.1, 0.15) is 5.69 Å². The van der Waals surface area contributed by atoms with Crippen molar-refractivity contribution in [3.8, 4) is 17.0 Å². The number of hydrogen-bond donors (Lipinski definition) is 1. The number of para-hydroxylation sites is 1. The zero-order valence-corrected chi connectivity index (χ0v) is 13.2. The van der Waals surface area contributed by atoms with Crippen molar-refractivity contribution >= 4 is 17.6 Å². The van der Waals surface area contributed by atoms with Crippen LogP contribution in [0.4, 0.5) is 0 Å². The van der Waals surface area contributed by atoms with E-state index in [4.69, 9.17) is 4.74 Å². The van der Waals surface area contributed by atoms with E-state index in [-0.39, 0.29) is 0 Å². The number of aromatic amines is 1. The van der Waals surface area contributed by atoms with Crippen LogP contribution < -0.4 is 9.54 Å². The number of ether oxygens (including phenoxy) is 1. The maximum atomic E-state index is 5.45. The minimum absolute atomic E-state index is 0.812. The lowest BCUT2D eigenvalue weighted by molar-refractivity contribution is 0.416. The van der Waals surface area contributed by atoms with Crippen LogP contribution in [0.15, 0.2) is 58.1 Å². The number of rotatable bonds is 4. The summed E-state index contributed by atoms with van der Waals surface area (Å²) in [5.41, 5.74) is 2.87. The Morgan fingerprint density at radius 3 is 2.82 bits per heavy atom. The van der Waals surface area contributed by atoms with E-state index < -0.39 is 0 Å². The average molecular weight is 312 g/mol. The predicted octanol–water partition coefficient (Wildman–Crippen LogP) is 2.97. The van der Waals surface area contributed by atoms with Gasteiger partial charge in [-0.15, -0.1) is 11.3 Å². The fraction of sp³-hybridized carbons (Fsp3) is 0.125. The van der Waals surface area contributed by atoms with E-state index in [1.807, 2.05) is 52.7 Å². The number of H-pyrrole nitrogens is 1. The standard InChI is InChI=1S/C16H16N4OS/c1-17-16-20(19-10-12-6-5-9-18-12)14(11-22-16)13-7-3-4-8-15(13)21-2/h3-11,18H,1-2H3/b17-16?,19-10+. The van der Waals surface area contributed by atoms with E-state index in [2.05, 4.69) is 15.1 Å². The summed E-state index contributed by atoms with van der Waals surface area (Å²) in [6, 6.07) is 11.8. The van der Waals surface area contributed by atoms with Crippen molar-refractivity contribution in [3.05, 3.63) is 58.5 Å². The topological polar surface area (TPSA) is 54.7 Å². The summed E-state index contributed by atoms with van der Waals surface area (Å²) in [5, 5.41) is 6.59. The van der Waals surface area contributed by atoms with E-state index in [1.165, 1.54) is 0 Å². The van der Waals surface area contributed by atoms with Gasteiger partial charge in [-0.05, 0) is 24.3 Å². The molecule has 1 N–H and O–H groups in total. The van der Waals surface area contributed by atoms with Gasteiger partial charge in [-0.3, -0.25) is 4.99 Å². The van der Waals surface area contributed by atoms with Crippen molar-refractivity contribution in [1.82, 2.24) is 9.66 Å². The lowest BCUT2D eigenvalue weighted by Gasteiger charge is -2.08. The third-order valence-electron chi connectivity index (χ3n) is 3.19. The Labute approximate surface area is 132 Å². The quantitative estimate of drug-likeness (QED) is 0.740. The first kappa shape index (κ1) is 14.3. The number of nitrogens with zero attached hydrogens (tertiary/aromatic N) is 3. The van der Waals surface area contributed by atoms with E-state index in [0.29, 0.717) is 0 Å². The van der Waals surface area contributed by atoms with Crippen molar-refractivity contribution in [2.75, 3.05) is 14.2 Å². The molecule has 0 atom stereocenters. The van der Waals surface area contributed by atoms with Gasteiger partial charge < -0.3 is 9.72 Å². The van der Waals surface area contributed by atoms with Crippen LogP contribution in [-0.4, -0.2) is 30.0 Å². The van der Waals surface area contributed by atoms with Gasteiger partial charge in [0.1, 0.15) is 5.75 Å². The molecule has 0 saturated carbocycles. The number of hydrogen-bond acceptors (Lipinski definition) is 4. The molecule has 3 aromatic rings. The number of benzene rings is 1. The van der Waals surface area contributed by atoms with Crippen LogP contribution in [0, 0.1) is 0 Å². The average Bonchev–Trinajstić information content (AvgIpc) is 3.21. The van der Waals surface area contributed by atoms with E-state index in [9.17, 15) is 0 Å². The molecule has 0 bridgehead atoms. The van der Waals surface area contributed by atoms with Gasteiger partial charge in [0.25, 0.3) is 0 Å². The van der Waals surface area contributed by atoms with E-state index in [1.54, 1.807) is 31.7 Å². The monoisotopic (exact) mass is 312 g/mol. The molecule has 5 nitrogen and oxygen atoms in total. The molecule has 6 heteroatoms. The molecule has 1 aromatic carbocycles. The highest BCUT2D eigenvalue weighted by Crippen LogP contribution is 2.29. The fourth-order valence-electron chi connectivity index (χ4n) is 2.15. The first-order valence-electron chi connectivity index (χ1n) is 6.78. The summed E-state index contributed by atoms with van der Waals surface area (Å²) in [7, 11) is 3.43. The third-order valence-corrected chi connectivity index (χ3v) is 4.10. The summed E-state index contributed by atoms with van der Waals surface area (Å²) >= 11 is 1.54. The van der Waals surface area contributed by atoms with Gasteiger partial charge in [0, 0.05) is 24.2 Å². The second kappa shape index (κ2) is 6.44. The number of aromatic nitrogens is 2. The SMILES string of the molecule is CN=c1scc(-c2ccccc2OC)n1/N=C/c1ccc[nH]1. The first-order chi connectivity index (χ1) is 10.8. The van der Waals surface area contributed by atoms with Gasteiger partial charge in [-0.2, -0.15) is 5.10 Å². The highest BCUT2D eigenvalue weighted by Gasteiger charge is 2.11. The molecule has 22 heavy (non-hydrogen) atoms. The Bertz CT molecular complexity index is 843. The molecule has 0 unspecified atom stereocenters. The van der Waals surface area contributed by atoms with Crippen molar-refractivity contribution < 1.29 is 4.74 Å². The third kappa shape index (κ3) is 2.73. The maximum absolute atomic E-state index is 5.45. The van der Waals surface area contributed by atoms with Gasteiger partial charge in [0.05, 0.1) is 24.7 Å². The van der Waals surface area contributed by atoms with E-state index in [0.717, 1.165) is 27.5 Å². The molecular formula is C16H16N4OS. The minimum Gasteiger partial charge on any atom is -0.496 e. The Balaban J connectivity index is 2.12. The summed E-state index contributed by atoms with van der Waals surface area (Å²) < 4.78 is 7.27. The molecule has 0 amide bonds. The predicted molar refractivity (Wildman–Crippen MR) is 89.6 cm³/mol. The minimum atomic E-state index is 0.812. The Hall–Kier alpha value is -2.60. The van der Waals surface area contributed by atoms with Crippen molar-refractivity contribution in [3.63, 3.8) is 0 Å². The maximum Gasteiger partial charge on any atom is 0.205 e. The van der Waals surface area contributed by atoms with Crippen molar-refractivity contribution in [2.45, 2.75) is 0 Å². The summed E-state index contributed by atoms with van der Waals surface area (Å²) in [6.07, 6.45) is 3.65. The largest absolute Gasteiger partial charge is 0.496 e. The van der Waals surface area contributed by atoms with Crippen molar-refractivity contribution in [1.29, 1.82) is 0 Å². The molecule has 0 aliphatic rings. The van der Waals surface area contributed by atoms with Crippen LogP contribution in [0.3, 0.4) is 0 Å². The van der Waals surface area contributed by atoms with Crippen LogP contribution in [0.5, 0.6) is 5.75 Å². The molecule has 0 aliphatic carbocycles. The molecule has 0 fully saturated rings. The zero-order chi connectivity index (χ0) is 15.4. The lowest BCUT2D eigenvalue weighted by Crippen LogP contribution is -2.11. The van der Waals surface area contributed by atoms with Crippen LogP contribution in [-0.2, 0) is 0 Å². The second-order valence-corrected chi connectivity index (χ2v) is 5.35. The summed E-state index contributed by atoms with van der Waals surface area (Å²) in [4.78, 5) is 8.22. The number of methoxy groups -OCH3 is 1. The second-order valence-electron chi connectivity index (χ2n) is 4.51. The van der Waals surface area contributed by atoms with Gasteiger partial charge in [0.2, 0.25) is 4.80 Å². The Kier molecular flexibility index (Phi) is 4.20. The van der Waals surface area contributed by atoms with Crippen molar-refractivity contribution in [2.24, 2.45) is 10.1 Å². The molecular weight excluding hydrogens is 296 g/mol. The normalized spacial score (nSPS) is 12.2. The number of thiazole rings is 1. The van der Waals surface area contributed by atoms with Gasteiger partial charge in [-0.25, -0.2) is 4.68 Å². The fourth-order valence-corrected chi connectivity index (χ4v) is 2.94. The van der Waals surface area contributed by atoms with Gasteiger partial charge in [0.15, 0.2) is 0 Å². The molecule has 0 radical (unpaired) electrons. The lowest BCUT2D eigenvalue weighted by atomic mass is 10.1. The molecule has 0 aliphatic heterocycles. The van der Waals surface area contributed by atoms with Crippen LogP contribution in [0.25, 0.3) is 11.3 Å². The summed E-state index contributed by atoms with van der Waals surface area (Å²) in [5.74, 6) is 0.812. The molecule has 0 spiro atoms. The molecule has 2 aromatic heterocycles. The Morgan fingerprint density at radius 2 is 2.09 bits per heavy atom. The summed E-state index contributed by atoms with van der Waals surface area (Å²) in [6.45, 7) is 0. The smallest absolute Gasteiger partial charge is 0.205 e. The van der Waals surface area contributed by atoms with Gasteiger partial charge in [-0.1, -0.05) is 12.1 Å². The van der Waals surface area contributed by atoms with E-state index >= 15 is 0 Å². The van der Waals surface area contributed by atoms with Crippen LogP contribution >= 0.6 is 11.3 Å². The highest BCUT2D eigenvalue weighted by atomic mass is 32.1. The Morgan fingerprint density at radius 1 is 1.23 bits per heavy atom.